The van der Waals surface area contributed by atoms with E-state index in [-0.39, 0.29) is 18.5 Å². The van der Waals surface area contributed by atoms with Gasteiger partial charge in [0.15, 0.2) is 0 Å². The summed E-state index contributed by atoms with van der Waals surface area (Å²) in [4.78, 5) is 23.9. The lowest BCUT2D eigenvalue weighted by Gasteiger charge is -2.19. The van der Waals surface area contributed by atoms with Crippen LogP contribution in [0.4, 0.5) is 0 Å². The molecule has 2 aromatic carbocycles. The third-order valence-corrected chi connectivity index (χ3v) is 3.25. The van der Waals surface area contributed by atoms with Gasteiger partial charge in [0.2, 0.25) is 0 Å². The van der Waals surface area contributed by atoms with Crippen molar-refractivity contribution in [2.45, 2.75) is 39.9 Å². The van der Waals surface area contributed by atoms with Gasteiger partial charge in [0.1, 0.15) is 12.2 Å². The minimum atomic E-state index is -0.528. The summed E-state index contributed by atoms with van der Waals surface area (Å²) in [5.41, 5.74) is 2.36. The van der Waals surface area contributed by atoms with Crippen molar-refractivity contribution in [2.75, 3.05) is 0 Å². The predicted molar refractivity (Wildman–Crippen MR) is 91.9 cm³/mol. The number of hydrogen-bond donors (Lipinski definition) is 0. The van der Waals surface area contributed by atoms with E-state index in [0.29, 0.717) is 11.1 Å². The molecule has 0 bridgehead atoms. The zero-order valence-electron chi connectivity index (χ0n) is 14.5. The first-order chi connectivity index (χ1) is 11.2. The van der Waals surface area contributed by atoms with Gasteiger partial charge >= 0.3 is 11.9 Å². The van der Waals surface area contributed by atoms with Crippen LogP contribution in [0.25, 0.3) is 0 Å². The second-order valence-corrected chi connectivity index (χ2v) is 6.64. The Hall–Kier alpha value is -2.62. The topological polar surface area (TPSA) is 52.6 Å². The third kappa shape index (κ3) is 5.23. The monoisotopic (exact) mass is 326 g/mol. The van der Waals surface area contributed by atoms with Crippen LogP contribution in [0.5, 0.6) is 0 Å². The van der Waals surface area contributed by atoms with Crippen molar-refractivity contribution in [3.8, 4) is 0 Å². The quantitative estimate of drug-likeness (QED) is 0.786. The SMILES string of the molecule is Cc1ccc(C(=O)OCc2ccc(C(=O)OC(C)(C)C)cc2)cc1. The Morgan fingerprint density at radius 3 is 1.88 bits per heavy atom. The van der Waals surface area contributed by atoms with Crippen LogP contribution >= 0.6 is 0 Å². The Bertz CT molecular complexity index is 707. The van der Waals surface area contributed by atoms with Gasteiger partial charge in [0, 0.05) is 0 Å². The molecule has 0 radical (unpaired) electrons. The van der Waals surface area contributed by atoms with Crippen molar-refractivity contribution in [3.05, 3.63) is 70.8 Å². The van der Waals surface area contributed by atoms with Gasteiger partial charge in [-0.25, -0.2) is 9.59 Å². The molecule has 0 aliphatic heterocycles. The lowest BCUT2D eigenvalue weighted by molar-refractivity contribution is 0.00690. The number of benzene rings is 2. The standard InChI is InChI=1S/C20H22O4/c1-14-5-9-16(10-6-14)18(21)23-13-15-7-11-17(12-8-15)19(22)24-20(2,3)4/h5-12H,13H2,1-4H3. The third-order valence-electron chi connectivity index (χ3n) is 3.25. The van der Waals surface area contributed by atoms with E-state index in [0.717, 1.165) is 11.1 Å². The molecular formula is C20H22O4. The first-order valence-electron chi connectivity index (χ1n) is 7.81. The predicted octanol–water partition coefficient (Wildman–Crippen LogP) is 4.31. The Morgan fingerprint density at radius 1 is 0.833 bits per heavy atom. The van der Waals surface area contributed by atoms with Gasteiger partial charge in [0.25, 0.3) is 0 Å². The van der Waals surface area contributed by atoms with Gasteiger partial charge in [-0.05, 0) is 57.5 Å². The smallest absolute Gasteiger partial charge is 0.338 e. The van der Waals surface area contributed by atoms with E-state index < -0.39 is 5.60 Å². The molecule has 0 saturated carbocycles. The fourth-order valence-corrected chi connectivity index (χ4v) is 2.00. The van der Waals surface area contributed by atoms with Gasteiger partial charge < -0.3 is 9.47 Å². The molecular weight excluding hydrogens is 304 g/mol. The normalized spacial score (nSPS) is 11.0. The summed E-state index contributed by atoms with van der Waals surface area (Å²) in [6, 6.07) is 14.1. The van der Waals surface area contributed by atoms with E-state index in [4.69, 9.17) is 9.47 Å². The number of ether oxygens (including phenoxy) is 2. The number of aryl methyl sites for hydroxylation is 1. The van der Waals surface area contributed by atoms with Crippen molar-refractivity contribution in [2.24, 2.45) is 0 Å². The molecule has 0 aliphatic carbocycles. The van der Waals surface area contributed by atoms with Crippen LogP contribution in [0.1, 0.15) is 52.6 Å². The second kappa shape index (κ2) is 7.30. The summed E-state index contributed by atoms with van der Waals surface area (Å²) in [5.74, 6) is -0.739. The molecule has 0 amide bonds. The molecule has 0 spiro atoms. The number of rotatable bonds is 4. The first-order valence-corrected chi connectivity index (χ1v) is 7.81. The van der Waals surface area contributed by atoms with E-state index in [1.807, 2.05) is 39.8 Å². The van der Waals surface area contributed by atoms with E-state index in [1.165, 1.54) is 0 Å². The van der Waals surface area contributed by atoms with Gasteiger partial charge in [-0.3, -0.25) is 0 Å². The number of carbonyl (C=O) groups is 2. The molecule has 0 saturated heterocycles. The van der Waals surface area contributed by atoms with Crippen LogP contribution in [0.2, 0.25) is 0 Å². The van der Waals surface area contributed by atoms with Crippen LogP contribution < -0.4 is 0 Å². The average Bonchev–Trinajstić information content (AvgIpc) is 2.52. The minimum Gasteiger partial charge on any atom is -0.457 e. The van der Waals surface area contributed by atoms with Crippen molar-refractivity contribution in [3.63, 3.8) is 0 Å². The molecule has 0 aromatic heterocycles. The summed E-state index contributed by atoms with van der Waals surface area (Å²) < 4.78 is 10.6. The van der Waals surface area contributed by atoms with Gasteiger partial charge in [-0.15, -0.1) is 0 Å². The minimum absolute atomic E-state index is 0.154. The van der Waals surface area contributed by atoms with Gasteiger partial charge in [-0.2, -0.15) is 0 Å². The zero-order chi connectivity index (χ0) is 17.7. The Balaban J connectivity index is 1.93. The molecule has 0 fully saturated rings. The van der Waals surface area contributed by atoms with Crippen LogP contribution in [-0.4, -0.2) is 17.5 Å². The highest BCUT2D eigenvalue weighted by Gasteiger charge is 2.17. The Labute approximate surface area is 142 Å². The van der Waals surface area contributed by atoms with Crippen LogP contribution in [0, 0.1) is 6.92 Å². The maximum atomic E-state index is 12.0. The summed E-state index contributed by atoms with van der Waals surface area (Å²) in [7, 11) is 0. The highest BCUT2D eigenvalue weighted by Crippen LogP contribution is 2.14. The van der Waals surface area contributed by atoms with Crippen LogP contribution in [-0.2, 0) is 16.1 Å². The van der Waals surface area contributed by atoms with E-state index >= 15 is 0 Å². The zero-order valence-corrected chi connectivity index (χ0v) is 14.5. The summed E-state index contributed by atoms with van der Waals surface area (Å²) in [6.45, 7) is 7.58. The molecule has 24 heavy (non-hydrogen) atoms. The fourth-order valence-electron chi connectivity index (χ4n) is 2.00. The van der Waals surface area contributed by atoms with E-state index in [2.05, 4.69) is 0 Å². The second-order valence-electron chi connectivity index (χ2n) is 6.64. The Kier molecular flexibility index (Phi) is 5.39. The summed E-state index contributed by atoms with van der Waals surface area (Å²) in [5, 5.41) is 0. The molecule has 0 aliphatic rings. The average molecular weight is 326 g/mol. The van der Waals surface area contributed by atoms with Gasteiger partial charge in [-0.1, -0.05) is 29.8 Å². The molecule has 0 heterocycles. The Morgan fingerprint density at radius 2 is 1.33 bits per heavy atom. The fraction of sp³-hybridized carbons (Fsp3) is 0.300. The first kappa shape index (κ1) is 17.7. The van der Waals surface area contributed by atoms with Gasteiger partial charge in [0.05, 0.1) is 11.1 Å². The van der Waals surface area contributed by atoms with Crippen molar-refractivity contribution in [1.29, 1.82) is 0 Å². The highest BCUT2D eigenvalue weighted by atomic mass is 16.6. The maximum absolute atomic E-state index is 12.0. The van der Waals surface area contributed by atoms with Crippen LogP contribution in [0.3, 0.4) is 0 Å². The van der Waals surface area contributed by atoms with E-state index in [1.54, 1.807) is 36.4 Å². The summed E-state index contributed by atoms with van der Waals surface area (Å²) in [6.07, 6.45) is 0. The molecule has 4 heteroatoms. The largest absolute Gasteiger partial charge is 0.457 e. The van der Waals surface area contributed by atoms with Crippen molar-refractivity contribution in [1.82, 2.24) is 0 Å². The highest BCUT2D eigenvalue weighted by molar-refractivity contribution is 5.90. The lowest BCUT2D eigenvalue weighted by Crippen LogP contribution is -2.23. The molecule has 126 valence electrons. The molecule has 0 N–H and O–H groups in total. The van der Waals surface area contributed by atoms with Crippen molar-refractivity contribution >= 4 is 11.9 Å². The number of hydrogen-bond acceptors (Lipinski definition) is 4. The number of carbonyl (C=O) groups excluding carboxylic acids is 2. The number of esters is 2. The molecule has 4 nitrogen and oxygen atoms in total. The molecule has 0 atom stereocenters. The molecule has 2 rings (SSSR count). The van der Waals surface area contributed by atoms with Crippen molar-refractivity contribution < 1.29 is 19.1 Å². The molecule has 0 unspecified atom stereocenters. The van der Waals surface area contributed by atoms with E-state index in [9.17, 15) is 9.59 Å². The molecule has 2 aromatic rings. The van der Waals surface area contributed by atoms with Crippen LogP contribution in [0.15, 0.2) is 48.5 Å². The lowest BCUT2D eigenvalue weighted by atomic mass is 10.1. The summed E-state index contributed by atoms with van der Waals surface area (Å²) >= 11 is 0. The maximum Gasteiger partial charge on any atom is 0.338 e.